The lowest BCUT2D eigenvalue weighted by Gasteiger charge is -2.11. The summed E-state index contributed by atoms with van der Waals surface area (Å²) >= 11 is 4.48. The second-order valence-electron chi connectivity index (χ2n) is 7.14. The van der Waals surface area contributed by atoms with E-state index < -0.39 is 0 Å². The highest BCUT2D eigenvalue weighted by Crippen LogP contribution is 2.26. The number of anilines is 2. The van der Waals surface area contributed by atoms with Gasteiger partial charge in [-0.2, -0.15) is 0 Å². The molecule has 0 saturated heterocycles. The van der Waals surface area contributed by atoms with Gasteiger partial charge in [-0.25, -0.2) is 4.98 Å². The van der Waals surface area contributed by atoms with Gasteiger partial charge >= 0.3 is 0 Å². The minimum atomic E-state index is -0.389. The normalized spacial score (nSPS) is 10.4. The van der Waals surface area contributed by atoms with Crippen molar-refractivity contribution in [2.24, 2.45) is 0 Å². The third-order valence-electron chi connectivity index (χ3n) is 4.83. The van der Waals surface area contributed by atoms with Gasteiger partial charge in [-0.05, 0) is 41.5 Å². The van der Waals surface area contributed by atoms with Gasteiger partial charge in [0.25, 0.3) is 11.8 Å². The standard InChI is InChI=1S/C24H19BN4O2S/c25-17-9-10-22(27-13-17)29-24(31)19-11-12-26-14-20(19)28-23(30)16-7-5-15(6-8-16)18-3-1-2-4-21(18)32/h1-14,32H,25H2,(H,28,30)(H,27,29,31). The van der Waals surface area contributed by atoms with Crippen molar-refractivity contribution in [3.63, 3.8) is 0 Å². The van der Waals surface area contributed by atoms with Gasteiger partial charge in [-0.15, -0.1) is 12.6 Å². The predicted octanol–water partition coefficient (Wildman–Crippen LogP) is 3.20. The number of hydrogen-bond donors (Lipinski definition) is 3. The summed E-state index contributed by atoms with van der Waals surface area (Å²) < 4.78 is 0. The van der Waals surface area contributed by atoms with Gasteiger partial charge in [0, 0.05) is 22.9 Å². The molecule has 0 aliphatic carbocycles. The molecule has 0 bridgehead atoms. The number of nitrogens with one attached hydrogen (secondary N) is 2. The summed E-state index contributed by atoms with van der Waals surface area (Å²) in [6.07, 6.45) is 4.61. The molecule has 156 valence electrons. The van der Waals surface area contributed by atoms with Crippen LogP contribution in [0.4, 0.5) is 11.5 Å². The smallest absolute Gasteiger partial charge is 0.259 e. The van der Waals surface area contributed by atoms with E-state index >= 15 is 0 Å². The van der Waals surface area contributed by atoms with Crippen molar-refractivity contribution in [3.8, 4) is 11.1 Å². The van der Waals surface area contributed by atoms with Crippen molar-refractivity contribution >= 4 is 49.3 Å². The lowest BCUT2D eigenvalue weighted by Crippen LogP contribution is -2.19. The van der Waals surface area contributed by atoms with Crippen LogP contribution < -0.4 is 16.1 Å². The fourth-order valence-corrected chi connectivity index (χ4v) is 3.42. The first-order chi connectivity index (χ1) is 15.5. The molecule has 6 nitrogen and oxygen atoms in total. The van der Waals surface area contributed by atoms with E-state index in [4.69, 9.17) is 0 Å². The summed E-state index contributed by atoms with van der Waals surface area (Å²) in [6, 6.07) is 20.1. The third-order valence-corrected chi connectivity index (χ3v) is 5.22. The van der Waals surface area contributed by atoms with Crippen LogP contribution in [0.3, 0.4) is 0 Å². The summed E-state index contributed by atoms with van der Waals surface area (Å²) in [7, 11) is 1.92. The van der Waals surface area contributed by atoms with Crippen LogP contribution in [-0.2, 0) is 0 Å². The minimum Gasteiger partial charge on any atom is -0.320 e. The molecular formula is C24H19BN4O2S. The maximum Gasteiger partial charge on any atom is 0.259 e. The summed E-state index contributed by atoms with van der Waals surface area (Å²) in [5.41, 5.74) is 3.99. The molecule has 2 heterocycles. The van der Waals surface area contributed by atoms with Crippen molar-refractivity contribution in [2.75, 3.05) is 10.6 Å². The highest BCUT2D eigenvalue weighted by Gasteiger charge is 2.15. The molecule has 0 spiro atoms. The number of benzene rings is 2. The maximum absolute atomic E-state index is 12.8. The lowest BCUT2D eigenvalue weighted by molar-refractivity contribution is 0.102. The van der Waals surface area contributed by atoms with Gasteiger partial charge in [-0.1, -0.05) is 41.9 Å². The Hall–Kier alpha value is -3.91. The molecule has 32 heavy (non-hydrogen) atoms. The molecule has 0 saturated carbocycles. The molecule has 0 fully saturated rings. The van der Waals surface area contributed by atoms with E-state index in [1.165, 1.54) is 12.4 Å². The van der Waals surface area contributed by atoms with Crippen LogP contribution in [-0.4, -0.2) is 29.6 Å². The number of hydrogen-bond acceptors (Lipinski definition) is 5. The van der Waals surface area contributed by atoms with Gasteiger partial charge in [0.1, 0.15) is 13.7 Å². The van der Waals surface area contributed by atoms with Crippen LogP contribution in [0.25, 0.3) is 11.1 Å². The summed E-state index contributed by atoms with van der Waals surface area (Å²) in [5, 5.41) is 5.51. The lowest BCUT2D eigenvalue weighted by atomic mass is 9.99. The highest BCUT2D eigenvalue weighted by atomic mass is 32.1. The van der Waals surface area contributed by atoms with Crippen molar-refractivity contribution < 1.29 is 9.59 Å². The van der Waals surface area contributed by atoms with E-state index in [9.17, 15) is 9.59 Å². The van der Waals surface area contributed by atoms with Gasteiger partial charge in [0.15, 0.2) is 0 Å². The van der Waals surface area contributed by atoms with Crippen molar-refractivity contribution in [1.29, 1.82) is 0 Å². The minimum absolute atomic E-state index is 0.288. The first-order valence-electron chi connectivity index (χ1n) is 9.89. The monoisotopic (exact) mass is 438 g/mol. The van der Waals surface area contributed by atoms with Crippen molar-refractivity contribution in [2.45, 2.75) is 4.90 Å². The zero-order valence-electron chi connectivity index (χ0n) is 17.2. The number of carbonyl (C=O) groups excluding carboxylic acids is 2. The zero-order chi connectivity index (χ0) is 22.5. The van der Waals surface area contributed by atoms with E-state index in [0.717, 1.165) is 21.5 Å². The van der Waals surface area contributed by atoms with Crippen LogP contribution in [0.15, 0.2) is 90.2 Å². The molecule has 2 amide bonds. The number of rotatable bonds is 5. The number of carbonyl (C=O) groups is 2. The third kappa shape index (κ3) is 4.87. The van der Waals surface area contributed by atoms with E-state index in [-0.39, 0.29) is 17.4 Å². The Bertz CT molecular complexity index is 1280. The maximum atomic E-state index is 12.8. The Morgan fingerprint density at radius 3 is 2.34 bits per heavy atom. The first kappa shape index (κ1) is 21.3. The molecule has 4 aromatic rings. The molecule has 4 rings (SSSR count). The van der Waals surface area contributed by atoms with Gasteiger partial charge in [-0.3, -0.25) is 14.6 Å². The predicted molar refractivity (Wildman–Crippen MR) is 132 cm³/mol. The highest BCUT2D eigenvalue weighted by molar-refractivity contribution is 7.80. The van der Waals surface area contributed by atoms with Crippen LogP contribution in [0, 0.1) is 0 Å². The SMILES string of the molecule is Bc1ccc(NC(=O)c2ccncc2NC(=O)c2ccc(-c3ccccc3S)cc2)nc1. The Morgan fingerprint density at radius 1 is 0.844 bits per heavy atom. The zero-order valence-corrected chi connectivity index (χ0v) is 18.1. The van der Waals surface area contributed by atoms with E-state index in [0.29, 0.717) is 17.1 Å². The first-order valence-corrected chi connectivity index (χ1v) is 10.3. The summed E-state index contributed by atoms with van der Waals surface area (Å²) in [4.78, 5) is 34.6. The van der Waals surface area contributed by atoms with E-state index in [2.05, 4.69) is 33.2 Å². The molecule has 0 aliphatic rings. The molecule has 2 aromatic carbocycles. The van der Waals surface area contributed by atoms with Crippen LogP contribution >= 0.6 is 12.6 Å². The second kappa shape index (κ2) is 9.49. The van der Waals surface area contributed by atoms with E-state index in [1.807, 2.05) is 50.3 Å². The second-order valence-corrected chi connectivity index (χ2v) is 7.63. The van der Waals surface area contributed by atoms with Gasteiger partial charge in [0.05, 0.1) is 17.4 Å². The van der Waals surface area contributed by atoms with Gasteiger partial charge < -0.3 is 10.6 Å². The number of aromatic nitrogens is 2. The summed E-state index contributed by atoms with van der Waals surface area (Å²) in [5.74, 6) is -0.305. The average Bonchev–Trinajstić information content (AvgIpc) is 2.81. The molecule has 2 aromatic heterocycles. The van der Waals surface area contributed by atoms with Crippen LogP contribution in [0.2, 0.25) is 0 Å². The quantitative estimate of drug-likeness (QED) is 0.330. The molecule has 0 unspecified atom stereocenters. The Kier molecular flexibility index (Phi) is 6.33. The Morgan fingerprint density at radius 2 is 1.62 bits per heavy atom. The number of amides is 2. The topological polar surface area (TPSA) is 84.0 Å². The molecule has 2 N–H and O–H groups in total. The van der Waals surface area contributed by atoms with Crippen LogP contribution in [0.5, 0.6) is 0 Å². The molecular weight excluding hydrogens is 419 g/mol. The van der Waals surface area contributed by atoms with E-state index in [1.54, 1.807) is 30.5 Å². The average molecular weight is 438 g/mol. The number of pyridine rings is 2. The van der Waals surface area contributed by atoms with Gasteiger partial charge in [0.2, 0.25) is 0 Å². The fraction of sp³-hybridized carbons (Fsp3) is 0. The molecule has 0 aliphatic heterocycles. The Labute approximate surface area is 192 Å². The number of nitrogens with zero attached hydrogens (tertiary/aromatic N) is 2. The fourth-order valence-electron chi connectivity index (χ4n) is 3.13. The number of thiol groups is 1. The van der Waals surface area contributed by atoms with Crippen molar-refractivity contribution in [3.05, 3.63) is 96.4 Å². The Balaban J connectivity index is 1.51. The largest absolute Gasteiger partial charge is 0.320 e. The molecule has 0 radical (unpaired) electrons. The van der Waals surface area contributed by atoms with Crippen LogP contribution in [0.1, 0.15) is 20.7 Å². The summed E-state index contributed by atoms with van der Waals surface area (Å²) in [6.45, 7) is 0. The molecule has 0 atom stereocenters. The van der Waals surface area contributed by atoms with Crippen molar-refractivity contribution in [1.82, 2.24) is 9.97 Å². The molecule has 8 heteroatoms.